The Bertz CT molecular complexity index is 913. The van der Waals surface area contributed by atoms with Crippen LogP contribution in [0.2, 0.25) is 0 Å². The van der Waals surface area contributed by atoms with Crippen molar-refractivity contribution in [3.05, 3.63) is 11.2 Å². The summed E-state index contributed by atoms with van der Waals surface area (Å²) in [5.74, 6) is -0.365. The number of hydrogen-bond acceptors (Lipinski definition) is 7. The fourth-order valence-corrected chi connectivity index (χ4v) is 6.88. The van der Waals surface area contributed by atoms with Gasteiger partial charge >= 0.3 is 0 Å². The van der Waals surface area contributed by atoms with E-state index < -0.39 is 12.1 Å². The normalized spacial score (nSPS) is 38.8. The SMILES string of the molecule is CCC(C)C1CC(N2CCN3CCC2CC3)C(NC(=O)C(/C2=N/C=C(/Cl)CCC(C)(CC)C2)C(N)N)C=N1. The molecule has 0 aliphatic carbocycles. The molecule has 6 atom stereocenters. The number of nitrogens with one attached hydrogen (secondary N) is 1. The van der Waals surface area contributed by atoms with Gasteiger partial charge in [-0.2, -0.15) is 0 Å². The lowest BCUT2D eigenvalue weighted by Crippen LogP contribution is -2.61. The van der Waals surface area contributed by atoms with Gasteiger partial charge in [-0.05, 0) is 62.9 Å². The number of carbonyl (C=O) groups excluding carboxylic acids is 1. The Balaban J connectivity index is 1.60. The molecular weight excluding hydrogens is 498 g/mol. The number of fused-ring (bicyclic) bond motifs is 4. The molecule has 2 bridgehead atoms. The first-order valence-corrected chi connectivity index (χ1v) is 15.3. The molecule has 5 aliphatic rings. The Morgan fingerprint density at radius 3 is 2.63 bits per heavy atom. The van der Waals surface area contributed by atoms with Crippen LogP contribution in [-0.2, 0) is 4.79 Å². The van der Waals surface area contributed by atoms with E-state index in [4.69, 9.17) is 33.1 Å². The van der Waals surface area contributed by atoms with Crippen LogP contribution in [0, 0.1) is 17.3 Å². The Labute approximate surface area is 234 Å². The predicted molar refractivity (Wildman–Crippen MR) is 158 cm³/mol. The van der Waals surface area contributed by atoms with Crippen molar-refractivity contribution in [1.29, 1.82) is 0 Å². The number of nitrogens with two attached hydrogens (primary N) is 2. The molecule has 3 saturated heterocycles. The monoisotopic (exact) mass is 547 g/mol. The largest absolute Gasteiger partial charge is 0.346 e. The number of amides is 1. The number of hydrogen-bond donors (Lipinski definition) is 3. The van der Waals surface area contributed by atoms with E-state index in [-0.39, 0.29) is 29.4 Å². The summed E-state index contributed by atoms with van der Waals surface area (Å²) in [7, 11) is 0. The van der Waals surface area contributed by atoms with Crippen LogP contribution in [0.25, 0.3) is 0 Å². The van der Waals surface area contributed by atoms with Gasteiger partial charge < -0.3 is 21.7 Å². The maximum absolute atomic E-state index is 14.0. The number of allylic oxidation sites excluding steroid dienone is 1. The van der Waals surface area contributed by atoms with Crippen LogP contribution in [0.5, 0.6) is 0 Å². The van der Waals surface area contributed by atoms with Gasteiger partial charge in [0.05, 0.1) is 18.2 Å². The second kappa shape index (κ2) is 12.9. The van der Waals surface area contributed by atoms with E-state index in [0.717, 1.165) is 50.9 Å². The van der Waals surface area contributed by atoms with Gasteiger partial charge in [0.25, 0.3) is 0 Å². The maximum Gasteiger partial charge on any atom is 0.232 e. The third kappa shape index (κ3) is 6.87. The van der Waals surface area contributed by atoms with Crippen LogP contribution in [0.4, 0.5) is 0 Å². The molecule has 8 nitrogen and oxygen atoms in total. The van der Waals surface area contributed by atoms with Gasteiger partial charge in [-0.1, -0.05) is 52.1 Å². The molecule has 0 radical (unpaired) electrons. The second-order valence-electron chi connectivity index (χ2n) is 12.5. The van der Waals surface area contributed by atoms with E-state index in [1.165, 1.54) is 25.9 Å². The first-order valence-electron chi connectivity index (χ1n) is 14.9. The molecule has 1 amide bonds. The fraction of sp³-hybridized carbons (Fsp3) is 0.828. The Hall–Kier alpha value is -1.32. The summed E-state index contributed by atoms with van der Waals surface area (Å²) < 4.78 is 0. The van der Waals surface area contributed by atoms with Gasteiger partial charge in [0, 0.05) is 48.3 Å². The standard InChI is InChI=1S/C29H50ClN7O/c1-5-19(3)22-15-25(37-14-13-36-11-8-21(37)9-12-36)24(18-34-22)35-28(38)26(27(31)32)23-16-29(4,6-2)10-7-20(30)17-33-23/h17-19,21-22,24-27H,5-16,31-32H2,1-4H3,(H,35,38)/b20-17+,33-23+. The van der Waals surface area contributed by atoms with E-state index in [1.807, 2.05) is 6.21 Å². The summed E-state index contributed by atoms with van der Waals surface area (Å²) in [6, 6.07) is 0.867. The molecule has 5 N–H and O–H groups in total. The van der Waals surface area contributed by atoms with Gasteiger partial charge in [0.15, 0.2) is 0 Å². The molecule has 5 rings (SSSR count). The van der Waals surface area contributed by atoms with E-state index in [9.17, 15) is 4.79 Å². The number of carbonyl (C=O) groups is 1. The molecule has 0 aromatic carbocycles. The minimum atomic E-state index is -0.852. The quantitative estimate of drug-likeness (QED) is 0.403. The van der Waals surface area contributed by atoms with Gasteiger partial charge in [-0.3, -0.25) is 19.7 Å². The van der Waals surface area contributed by atoms with Gasteiger partial charge in [0.1, 0.15) is 5.92 Å². The van der Waals surface area contributed by atoms with Crippen LogP contribution >= 0.6 is 11.6 Å². The lowest BCUT2D eigenvalue weighted by Gasteiger charge is -2.44. The number of piperidine rings is 1. The van der Waals surface area contributed by atoms with Gasteiger partial charge in [-0.25, -0.2) is 0 Å². The highest BCUT2D eigenvalue weighted by atomic mass is 35.5. The van der Waals surface area contributed by atoms with Crippen LogP contribution in [0.15, 0.2) is 21.2 Å². The van der Waals surface area contributed by atoms with Gasteiger partial charge in [-0.15, -0.1) is 0 Å². The number of rotatable bonds is 8. The fourth-order valence-electron chi connectivity index (χ4n) is 6.74. The van der Waals surface area contributed by atoms with Crippen molar-refractivity contribution in [3.8, 4) is 0 Å². The van der Waals surface area contributed by atoms with E-state index >= 15 is 0 Å². The molecule has 0 aromatic heterocycles. The van der Waals surface area contributed by atoms with Crippen LogP contribution in [-0.4, -0.2) is 84.1 Å². The van der Waals surface area contributed by atoms with Gasteiger partial charge in [0.2, 0.25) is 5.91 Å². The minimum Gasteiger partial charge on any atom is -0.346 e. The van der Waals surface area contributed by atoms with Crippen molar-refractivity contribution in [2.24, 2.45) is 38.7 Å². The molecule has 3 fully saturated rings. The number of halogens is 1. The molecule has 0 aromatic rings. The average Bonchev–Trinajstić information content (AvgIpc) is 3.23. The van der Waals surface area contributed by atoms with Crippen molar-refractivity contribution in [1.82, 2.24) is 15.1 Å². The Morgan fingerprint density at radius 1 is 1.24 bits per heavy atom. The summed E-state index contributed by atoms with van der Waals surface area (Å²) in [5.41, 5.74) is 13.3. The highest BCUT2D eigenvalue weighted by Gasteiger charge is 2.42. The smallest absolute Gasteiger partial charge is 0.232 e. The van der Waals surface area contributed by atoms with Crippen LogP contribution in [0.3, 0.4) is 0 Å². The molecule has 5 aliphatic heterocycles. The maximum atomic E-state index is 14.0. The van der Waals surface area contributed by atoms with Crippen molar-refractivity contribution < 1.29 is 4.79 Å². The second-order valence-corrected chi connectivity index (χ2v) is 13.0. The zero-order chi connectivity index (χ0) is 27.4. The molecule has 5 heterocycles. The number of nitrogens with zero attached hydrogens (tertiary/aromatic N) is 4. The zero-order valence-electron chi connectivity index (χ0n) is 23.9. The summed E-state index contributed by atoms with van der Waals surface area (Å²) >= 11 is 6.43. The Kier molecular flexibility index (Phi) is 10.1. The first-order chi connectivity index (χ1) is 18.1. The molecule has 0 spiro atoms. The van der Waals surface area contributed by atoms with E-state index in [1.54, 1.807) is 6.20 Å². The highest BCUT2D eigenvalue weighted by molar-refractivity contribution is 6.29. The molecule has 9 heteroatoms. The molecular formula is C29H50ClN7O. The summed E-state index contributed by atoms with van der Waals surface area (Å²) in [6.45, 7) is 13.4. The van der Waals surface area contributed by atoms with E-state index in [0.29, 0.717) is 23.4 Å². The minimum absolute atomic E-state index is 0.0145. The lowest BCUT2D eigenvalue weighted by molar-refractivity contribution is -0.124. The predicted octanol–water partition coefficient (Wildman–Crippen LogP) is 3.49. The average molecular weight is 548 g/mol. The Morgan fingerprint density at radius 2 is 1.97 bits per heavy atom. The summed E-state index contributed by atoms with van der Waals surface area (Å²) in [6.07, 6.45) is 10.6. The van der Waals surface area contributed by atoms with Crippen molar-refractivity contribution in [3.63, 3.8) is 0 Å². The van der Waals surface area contributed by atoms with E-state index in [2.05, 4.69) is 42.8 Å². The van der Waals surface area contributed by atoms with Crippen molar-refractivity contribution in [2.75, 3.05) is 26.2 Å². The molecule has 38 heavy (non-hydrogen) atoms. The summed E-state index contributed by atoms with van der Waals surface area (Å²) in [5, 5.41) is 4.06. The topological polar surface area (TPSA) is 112 Å². The third-order valence-corrected chi connectivity index (χ3v) is 10.2. The molecule has 214 valence electrons. The van der Waals surface area contributed by atoms with Crippen LogP contribution in [0.1, 0.15) is 79.1 Å². The highest BCUT2D eigenvalue weighted by Crippen LogP contribution is 2.37. The van der Waals surface area contributed by atoms with Crippen molar-refractivity contribution in [2.45, 2.75) is 109 Å². The lowest BCUT2D eigenvalue weighted by atomic mass is 9.75. The first kappa shape index (κ1) is 29.7. The van der Waals surface area contributed by atoms with Crippen LogP contribution < -0.4 is 16.8 Å². The summed E-state index contributed by atoms with van der Waals surface area (Å²) in [4.78, 5) is 28.9. The number of aliphatic imine (C=N–C) groups is 2. The molecule has 0 saturated carbocycles. The van der Waals surface area contributed by atoms with Crippen molar-refractivity contribution >= 4 is 29.4 Å². The third-order valence-electron chi connectivity index (χ3n) is 9.90. The molecule has 6 unspecified atom stereocenters. The zero-order valence-corrected chi connectivity index (χ0v) is 24.7.